The van der Waals surface area contributed by atoms with Gasteiger partial charge in [-0.3, -0.25) is 19.2 Å². The molecule has 9 heteroatoms. The van der Waals surface area contributed by atoms with Crippen molar-refractivity contribution in [2.24, 2.45) is 0 Å². The molecular formula is C139H184N4O5. The maximum Gasteiger partial charge on any atom is 0.193 e. The van der Waals surface area contributed by atoms with E-state index in [0.29, 0.717) is 66.1 Å². The fraction of sp³-hybridized carbons (Fsp3) is 0.367. The Kier molecular flexibility index (Phi) is 52.8. The number of Topliss-reactive ketones (excluding diaryl/α,β-unsaturated/α-hetero) is 3. The molecule has 0 heterocycles. The Morgan fingerprint density at radius 1 is 0.230 bits per heavy atom. The fourth-order valence-corrected chi connectivity index (χ4v) is 16.9. The van der Waals surface area contributed by atoms with E-state index in [4.69, 9.17) is 4.74 Å². The molecule has 1 unspecified atom stereocenters. The molecule has 0 fully saturated rings. The van der Waals surface area contributed by atoms with Gasteiger partial charge in [0, 0.05) is 115 Å². The Bertz CT molecular complexity index is 6010. The highest BCUT2D eigenvalue weighted by atomic mass is 16.5. The van der Waals surface area contributed by atoms with Gasteiger partial charge in [0.15, 0.2) is 23.1 Å². The minimum absolute atomic E-state index is 0. The summed E-state index contributed by atoms with van der Waals surface area (Å²) in [4.78, 5) is 59.3. The van der Waals surface area contributed by atoms with Crippen molar-refractivity contribution in [3.05, 3.63) is 424 Å². The predicted molar refractivity (Wildman–Crippen MR) is 649 cm³/mol. The maximum atomic E-state index is 13.1. The molecule has 14 rings (SSSR count). The van der Waals surface area contributed by atoms with Gasteiger partial charge in [-0.05, 0) is 329 Å². The van der Waals surface area contributed by atoms with Crippen molar-refractivity contribution in [1.29, 1.82) is 0 Å². The summed E-state index contributed by atoms with van der Waals surface area (Å²) in [5, 5.41) is 0. The van der Waals surface area contributed by atoms with Gasteiger partial charge >= 0.3 is 0 Å². The van der Waals surface area contributed by atoms with Crippen molar-refractivity contribution < 1.29 is 23.9 Å². The third-order valence-corrected chi connectivity index (χ3v) is 26.2. The molecule has 14 aromatic carbocycles. The highest BCUT2D eigenvalue weighted by Gasteiger charge is 2.24. The first-order valence-corrected chi connectivity index (χ1v) is 52.2. The Morgan fingerprint density at radius 2 is 0.412 bits per heavy atom. The Hall–Kier alpha value is -13.2. The average molecular weight is 1990 g/mol. The van der Waals surface area contributed by atoms with Crippen LogP contribution in [0.5, 0.6) is 5.75 Å². The summed E-state index contributed by atoms with van der Waals surface area (Å²) in [6.45, 7) is 52.9. The lowest BCUT2D eigenvalue weighted by Gasteiger charge is -2.28. The number of hydrogen-bond donors (Lipinski definition) is 0. The van der Waals surface area contributed by atoms with E-state index in [1.807, 2.05) is 146 Å². The van der Waals surface area contributed by atoms with Gasteiger partial charge in [-0.15, -0.1) is 0 Å². The summed E-state index contributed by atoms with van der Waals surface area (Å²) in [5.74, 6) is 4.23. The lowest BCUT2D eigenvalue weighted by Crippen LogP contribution is -2.14. The smallest absolute Gasteiger partial charge is 0.193 e. The molecule has 0 aliphatic rings. The van der Waals surface area contributed by atoms with Gasteiger partial charge in [-0.25, -0.2) is 0 Å². The summed E-state index contributed by atoms with van der Waals surface area (Å²) in [6, 6.07) is 122. The molecule has 148 heavy (non-hydrogen) atoms. The van der Waals surface area contributed by atoms with Gasteiger partial charge in [0.1, 0.15) is 5.75 Å². The Morgan fingerprint density at radius 3 is 0.608 bits per heavy atom. The van der Waals surface area contributed by atoms with Gasteiger partial charge in [0.25, 0.3) is 0 Å². The SMILES string of the molecule is C.C.C.C.C.C.CC(C)c1ccc(N(c2ccc(C(C)(C)C)cc2)c2ccc(C(C)(C)C)cc2)cc1.CC(C)c1ccc(N(c2ccccc2)c2ccc(C(=O)c3ccc(C(C)(C)C)cc3)cc2)cc1.CCCC(CC)Oc1ccc(C(C)C)cc1.CCCCC(=O)c1ccc(N(c2ccc(C(=O)CCCC)cc2)c2ccc(C(C)C)cc2)cc1.CCCCC(=O)c1ccc(N(c2ccccc2)c2ccc(C(C)C)cc2)cc1. The van der Waals surface area contributed by atoms with Gasteiger partial charge in [0.05, 0.1) is 6.10 Å². The number of hydrogen-bond acceptors (Lipinski definition) is 9. The first-order valence-electron chi connectivity index (χ1n) is 52.2. The van der Waals surface area contributed by atoms with Crippen molar-refractivity contribution in [1.82, 2.24) is 0 Å². The lowest BCUT2D eigenvalue weighted by molar-refractivity contribution is 0.0972. The van der Waals surface area contributed by atoms with Crippen molar-refractivity contribution in [2.75, 3.05) is 19.6 Å². The van der Waals surface area contributed by atoms with Gasteiger partial charge in [-0.1, -0.05) is 382 Å². The minimum Gasteiger partial charge on any atom is -0.490 e. The highest BCUT2D eigenvalue weighted by molar-refractivity contribution is 6.09. The number of carbonyl (C=O) groups is 4. The van der Waals surface area contributed by atoms with E-state index in [1.165, 1.54) is 68.0 Å². The summed E-state index contributed by atoms with van der Waals surface area (Å²) in [5.41, 5.74) is 27.7. The van der Waals surface area contributed by atoms with Crippen molar-refractivity contribution >= 4 is 91.4 Å². The van der Waals surface area contributed by atoms with Crippen LogP contribution in [-0.4, -0.2) is 29.2 Å². The minimum atomic E-state index is 0. The summed E-state index contributed by atoms with van der Waals surface area (Å²) in [6.07, 6.45) is 11.4. The average Bonchev–Trinajstić information content (AvgIpc) is 0.787. The van der Waals surface area contributed by atoms with E-state index in [9.17, 15) is 19.2 Å². The molecule has 0 bridgehead atoms. The highest BCUT2D eigenvalue weighted by Crippen LogP contribution is 2.43. The van der Waals surface area contributed by atoms with E-state index in [0.717, 1.165) is 125 Å². The molecule has 0 saturated heterocycles. The molecule has 0 amide bonds. The van der Waals surface area contributed by atoms with Crippen LogP contribution in [0.4, 0.5) is 68.2 Å². The van der Waals surface area contributed by atoms with Gasteiger partial charge in [0.2, 0.25) is 0 Å². The topological polar surface area (TPSA) is 90.5 Å². The van der Waals surface area contributed by atoms with E-state index >= 15 is 0 Å². The Balaban J connectivity index is 0.000000387. The molecule has 0 radical (unpaired) electrons. The van der Waals surface area contributed by atoms with E-state index in [1.54, 1.807) is 0 Å². The second-order valence-corrected chi connectivity index (χ2v) is 42.2. The molecule has 0 aliphatic heterocycles. The van der Waals surface area contributed by atoms with Gasteiger partial charge in [-0.2, -0.15) is 0 Å². The number of carbonyl (C=O) groups excluding carboxylic acids is 4. The van der Waals surface area contributed by atoms with Crippen LogP contribution in [0.2, 0.25) is 0 Å². The van der Waals surface area contributed by atoms with Gasteiger partial charge < -0.3 is 24.3 Å². The second kappa shape index (κ2) is 61.5. The van der Waals surface area contributed by atoms with Crippen molar-refractivity contribution in [3.8, 4) is 5.75 Å². The zero-order valence-corrected chi connectivity index (χ0v) is 89.8. The second-order valence-electron chi connectivity index (χ2n) is 42.2. The van der Waals surface area contributed by atoms with E-state index in [-0.39, 0.29) is 83.9 Å². The zero-order valence-electron chi connectivity index (χ0n) is 89.8. The van der Waals surface area contributed by atoms with Crippen LogP contribution in [0.15, 0.2) is 352 Å². The lowest BCUT2D eigenvalue weighted by atomic mass is 9.86. The van der Waals surface area contributed by atoms with Crippen molar-refractivity contribution in [3.63, 3.8) is 0 Å². The number of ether oxygens (including phenoxy) is 1. The van der Waals surface area contributed by atoms with Crippen LogP contribution in [0.3, 0.4) is 0 Å². The molecule has 14 aromatic rings. The van der Waals surface area contributed by atoms with Crippen LogP contribution in [0, 0.1) is 0 Å². The number of anilines is 12. The normalized spacial score (nSPS) is 11.1. The molecule has 790 valence electrons. The molecular weight excluding hydrogens is 1810 g/mol. The monoisotopic (exact) mass is 1990 g/mol. The first-order chi connectivity index (χ1) is 67.9. The zero-order chi connectivity index (χ0) is 103. The molecule has 9 nitrogen and oxygen atoms in total. The molecule has 0 aromatic heterocycles. The molecule has 0 N–H and O–H groups in total. The molecule has 1 atom stereocenters. The first kappa shape index (κ1) is 127. The summed E-state index contributed by atoms with van der Waals surface area (Å²) in [7, 11) is 0. The third kappa shape index (κ3) is 36.9. The largest absolute Gasteiger partial charge is 0.490 e. The van der Waals surface area contributed by atoms with Crippen LogP contribution in [-0.2, 0) is 16.2 Å². The summed E-state index contributed by atoms with van der Waals surface area (Å²) < 4.78 is 5.94. The predicted octanol–water partition coefficient (Wildman–Crippen LogP) is 42.9. The molecule has 0 saturated carbocycles. The maximum absolute atomic E-state index is 13.1. The molecule has 0 spiro atoms. The van der Waals surface area contributed by atoms with Crippen LogP contribution < -0.4 is 24.3 Å². The van der Waals surface area contributed by atoms with Crippen LogP contribution >= 0.6 is 0 Å². The fourth-order valence-electron chi connectivity index (χ4n) is 16.9. The number of nitrogens with zero attached hydrogens (tertiary/aromatic N) is 4. The van der Waals surface area contributed by atoms with Crippen molar-refractivity contribution in [2.45, 2.75) is 340 Å². The van der Waals surface area contributed by atoms with Crippen LogP contribution in [0.25, 0.3) is 0 Å². The number of benzene rings is 14. The third-order valence-electron chi connectivity index (χ3n) is 26.2. The number of rotatable bonds is 36. The summed E-state index contributed by atoms with van der Waals surface area (Å²) >= 11 is 0. The van der Waals surface area contributed by atoms with Crippen LogP contribution in [0.1, 0.15) is 409 Å². The molecule has 0 aliphatic carbocycles. The van der Waals surface area contributed by atoms with E-state index < -0.39 is 0 Å². The number of ketones is 4. The number of para-hydroxylation sites is 2. The quantitative estimate of drug-likeness (QED) is 0.0356. The Labute approximate surface area is 898 Å². The van der Waals surface area contributed by atoms with E-state index in [2.05, 4.69) is 392 Å². The number of unbranched alkanes of at least 4 members (excludes halogenated alkanes) is 3. The standard InChI is InChI=1S/C32H33NO.C31H37NO2.C29H37N.C26H29NO.C15H24O.6CH4/c1-23(2)24-13-19-29(20-14-24)33(28-9-7-6-8-10-28)30-21-15-26(16-22-30)31(34)25-11-17-27(18-12-25)32(3,4)5;1-5-7-9-30(33)25-13-19-28(20-14-25)32(27-17-11-24(12-18-27)23(3)4)29-21-15-26(16-22-29)31(34)10-8-6-2;1-21(2)22-9-15-25(16-10-22)30(26-17-11-23(12-18-26)28(3,4)5)27-19-13-24(14-20-27)29(6,7)8;1-4-5-11-26(28)22-14-18-25(19-15-22)27(23-9-7-6-8-10-23)24-16-12-21(13-17-24)20(2)3;1-5-7-14(6-2)16-15-10-8-13(9-11-15)12(3)4;;;;;;/h6-23H,1-5H3;11-23H,5-10H2,1-4H3;9-21H,1-8H3;6-10,12-20H,4-5,11H2,1-3H3;8-12,14H,5-7H2,1-4H3;6*1H4.